The fourth-order valence-electron chi connectivity index (χ4n) is 1.05. The van der Waals surface area contributed by atoms with Gasteiger partial charge < -0.3 is 5.32 Å². The van der Waals surface area contributed by atoms with Crippen LogP contribution in [-0.2, 0) is 9.59 Å². The molecule has 0 aliphatic heterocycles. The summed E-state index contributed by atoms with van der Waals surface area (Å²) in [6.07, 6.45) is 3.99. The Hall–Kier alpha value is -1.12. The van der Waals surface area contributed by atoms with E-state index in [2.05, 4.69) is 12.2 Å². The van der Waals surface area contributed by atoms with E-state index in [0.29, 0.717) is 6.42 Å². The van der Waals surface area contributed by atoms with Gasteiger partial charge in [-0.05, 0) is 13.3 Å². The molecule has 0 aromatic heterocycles. The molecule has 0 radical (unpaired) electrons. The molecular formula is C11H19NO2. The van der Waals surface area contributed by atoms with E-state index >= 15 is 0 Å². The van der Waals surface area contributed by atoms with Crippen LogP contribution in [0.2, 0.25) is 0 Å². The number of Topliss-reactive ketones (excluding diaryl/α,β-unsaturated/α-hetero) is 1. The number of carbonyl (C=O) groups is 2. The summed E-state index contributed by atoms with van der Waals surface area (Å²) in [5, 5.41) is 2.56. The van der Waals surface area contributed by atoms with Gasteiger partial charge in [0.15, 0.2) is 5.78 Å². The Bertz CT molecular complexity index is 231. The van der Waals surface area contributed by atoms with Crippen molar-refractivity contribution in [1.29, 1.82) is 0 Å². The maximum atomic E-state index is 11.2. The number of carbonyl (C=O) groups excluding carboxylic acids is 2. The highest BCUT2D eigenvalue weighted by atomic mass is 16.2. The van der Waals surface area contributed by atoms with Crippen LogP contribution in [0.25, 0.3) is 0 Å². The first kappa shape index (κ1) is 12.9. The van der Waals surface area contributed by atoms with Crippen LogP contribution in [0.1, 0.15) is 40.0 Å². The lowest BCUT2D eigenvalue weighted by atomic mass is 10.1. The highest BCUT2D eigenvalue weighted by Gasteiger charge is 2.01. The lowest BCUT2D eigenvalue weighted by Gasteiger charge is -2.01. The zero-order valence-corrected chi connectivity index (χ0v) is 9.22. The van der Waals surface area contributed by atoms with Crippen molar-refractivity contribution in [2.45, 2.75) is 40.0 Å². The highest BCUT2D eigenvalue weighted by molar-refractivity contribution is 5.92. The number of ketones is 1. The maximum absolute atomic E-state index is 11.2. The first-order valence-electron chi connectivity index (χ1n) is 5.06. The van der Waals surface area contributed by atoms with Gasteiger partial charge in [0.2, 0.25) is 5.91 Å². The van der Waals surface area contributed by atoms with Crippen LogP contribution in [-0.4, -0.2) is 18.2 Å². The van der Waals surface area contributed by atoms with E-state index in [1.165, 1.54) is 0 Å². The largest absolute Gasteiger partial charge is 0.345 e. The molecule has 0 aromatic carbocycles. The third-order valence-corrected chi connectivity index (χ3v) is 1.88. The van der Waals surface area contributed by atoms with Crippen molar-refractivity contribution in [3.05, 3.63) is 11.6 Å². The van der Waals surface area contributed by atoms with Gasteiger partial charge in [0.1, 0.15) is 0 Å². The van der Waals surface area contributed by atoms with Gasteiger partial charge in [0, 0.05) is 12.5 Å². The molecule has 0 saturated carbocycles. The van der Waals surface area contributed by atoms with E-state index in [0.717, 1.165) is 18.4 Å². The molecule has 0 aromatic rings. The van der Waals surface area contributed by atoms with Crippen LogP contribution in [0.15, 0.2) is 11.6 Å². The summed E-state index contributed by atoms with van der Waals surface area (Å²) >= 11 is 0. The van der Waals surface area contributed by atoms with E-state index in [1.54, 1.807) is 13.0 Å². The minimum atomic E-state index is -0.169. The molecule has 0 heterocycles. The Morgan fingerprint density at radius 2 is 1.93 bits per heavy atom. The Kier molecular flexibility index (Phi) is 6.72. The van der Waals surface area contributed by atoms with Crippen LogP contribution >= 0.6 is 0 Å². The second-order valence-corrected chi connectivity index (χ2v) is 3.35. The summed E-state index contributed by atoms with van der Waals surface area (Å²) in [5.41, 5.74) is 1.05. The van der Waals surface area contributed by atoms with Crippen molar-refractivity contribution in [3.63, 3.8) is 0 Å². The van der Waals surface area contributed by atoms with Gasteiger partial charge in [-0.3, -0.25) is 9.59 Å². The third kappa shape index (κ3) is 6.40. The van der Waals surface area contributed by atoms with Crippen LogP contribution in [0.4, 0.5) is 0 Å². The van der Waals surface area contributed by atoms with E-state index in [9.17, 15) is 9.59 Å². The van der Waals surface area contributed by atoms with Crippen molar-refractivity contribution in [2.24, 2.45) is 0 Å². The van der Waals surface area contributed by atoms with Crippen molar-refractivity contribution < 1.29 is 9.59 Å². The van der Waals surface area contributed by atoms with Gasteiger partial charge in [0.25, 0.3) is 0 Å². The molecule has 0 saturated heterocycles. The second-order valence-electron chi connectivity index (χ2n) is 3.35. The summed E-state index contributed by atoms with van der Waals surface area (Å²) < 4.78 is 0. The van der Waals surface area contributed by atoms with E-state index in [1.807, 2.05) is 6.92 Å². The molecule has 3 nitrogen and oxygen atoms in total. The van der Waals surface area contributed by atoms with Crippen molar-refractivity contribution >= 4 is 11.7 Å². The minimum absolute atomic E-state index is 0.0555. The first-order valence-corrected chi connectivity index (χ1v) is 5.06. The van der Waals surface area contributed by atoms with Gasteiger partial charge in [0.05, 0.1) is 6.54 Å². The molecule has 0 fully saturated rings. The van der Waals surface area contributed by atoms with Crippen LogP contribution in [0.3, 0.4) is 0 Å². The molecule has 0 rings (SSSR count). The van der Waals surface area contributed by atoms with Crippen molar-refractivity contribution in [1.82, 2.24) is 5.32 Å². The van der Waals surface area contributed by atoms with Crippen molar-refractivity contribution in [2.75, 3.05) is 6.54 Å². The summed E-state index contributed by atoms with van der Waals surface area (Å²) in [4.78, 5) is 22.1. The molecule has 0 atom stereocenters. The smallest absolute Gasteiger partial charge is 0.244 e. The molecule has 0 unspecified atom stereocenters. The third-order valence-electron chi connectivity index (χ3n) is 1.88. The minimum Gasteiger partial charge on any atom is -0.345 e. The van der Waals surface area contributed by atoms with E-state index < -0.39 is 0 Å². The molecule has 80 valence electrons. The first-order chi connectivity index (χ1) is 6.60. The van der Waals surface area contributed by atoms with Crippen LogP contribution < -0.4 is 5.32 Å². The fraction of sp³-hybridized carbons (Fsp3) is 0.636. The van der Waals surface area contributed by atoms with E-state index in [-0.39, 0.29) is 18.2 Å². The number of allylic oxidation sites excluding steroid dienone is 1. The Morgan fingerprint density at radius 1 is 1.29 bits per heavy atom. The van der Waals surface area contributed by atoms with Gasteiger partial charge in [-0.2, -0.15) is 0 Å². The summed E-state index contributed by atoms with van der Waals surface area (Å²) in [7, 11) is 0. The Labute approximate surface area is 85.6 Å². The molecule has 3 heteroatoms. The monoisotopic (exact) mass is 197 g/mol. The number of hydrogen-bond donors (Lipinski definition) is 1. The number of hydrogen-bond acceptors (Lipinski definition) is 2. The number of rotatable bonds is 6. The Balaban J connectivity index is 3.86. The fourth-order valence-corrected chi connectivity index (χ4v) is 1.05. The molecule has 0 aliphatic rings. The lowest BCUT2D eigenvalue weighted by Crippen LogP contribution is -2.27. The lowest BCUT2D eigenvalue weighted by molar-refractivity contribution is -0.122. The quantitative estimate of drug-likeness (QED) is 0.660. The topological polar surface area (TPSA) is 46.2 Å². The zero-order chi connectivity index (χ0) is 11.0. The van der Waals surface area contributed by atoms with Crippen molar-refractivity contribution in [3.8, 4) is 0 Å². The molecule has 14 heavy (non-hydrogen) atoms. The number of nitrogens with one attached hydrogen (secondary N) is 1. The molecule has 0 spiro atoms. The number of amides is 1. The SMILES string of the molecule is CCC/C(C)=C/C(=O)NCC(=O)CC. The van der Waals surface area contributed by atoms with Crippen LogP contribution in [0, 0.1) is 0 Å². The molecule has 0 aliphatic carbocycles. The predicted molar refractivity (Wildman–Crippen MR) is 57.0 cm³/mol. The second kappa shape index (κ2) is 7.30. The van der Waals surface area contributed by atoms with Gasteiger partial charge >= 0.3 is 0 Å². The average molecular weight is 197 g/mol. The highest BCUT2D eigenvalue weighted by Crippen LogP contribution is 2.01. The molecular weight excluding hydrogens is 178 g/mol. The summed E-state index contributed by atoms with van der Waals surface area (Å²) in [6, 6.07) is 0. The van der Waals surface area contributed by atoms with Gasteiger partial charge in [-0.15, -0.1) is 0 Å². The molecule has 1 amide bonds. The van der Waals surface area contributed by atoms with Crippen LogP contribution in [0.5, 0.6) is 0 Å². The average Bonchev–Trinajstić information content (AvgIpc) is 2.14. The van der Waals surface area contributed by atoms with Gasteiger partial charge in [-0.25, -0.2) is 0 Å². The predicted octanol–water partition coefficient (Wildman–Crippen LogP) is 1.83. The standard InChI is InChI=1S/C11H19NO2/c1-4-6-9(3)7-11(14)12-8-10(13)5-2/h7H,4-6,8H2,1-3H3,(H,12,14)/b9-7+. The van der Waals surface area contributed by atoms with E-state index in [4.69, 9.17) is 0 Å². The molecule has 1 N–H and O–H groups in total. The molecule has 0 bridgehead atoms. The summed E-state index contributed by atoms with van der Waals surface area (Å²) in [6.45, 7) is 5.92. The zero-order valence-electron chi connectivity index (χ0n) is 9.22. The van der Waals surface area contributed by atoms with Gasteiger partial charge in [-0.1, -0.05) is 25.8 Å². The summed E-state index contributed by atoms with van der Waals surface area (Å²) in [5.74, 6) is -0.113. The Morgan fingerprint density at radius 3 is 2.43 bits per heavy atom. The normalized spacial score (nSPS) is 11.2. The maximum Gasteiger partial charge on any atom is 0.244 e.